The molecule has 14 heteroatoms. The Hall–Kier alpha value is -3.62. The molecule has 0 bridgehead atoms. The molecule has 0 atom stereocenters. The zero-order valence-corrected chi connectivity index (χ0v) is 23.1. The average Bonchev–Trinajstić information content (AvgIpc) is 3.60. The number of benzene rings is 2. The third kappa shape index (κ3) is 6.34. The Morgan fingerprint density at radius 2 is 1.72 bits per heavy atom. The maximum absolute atomic E-state index is 12.8. The number of carbonyl (C=O) groups is 1. The lowest BCUT2D eigenvalue weighted by atomic mass is 10.2. The first kappa shape index (κ1) is 27.0. The van der Waals surface area contributed by atoms with Gasteiger partial charge in [-0.1, -0.05) is 48.5 Å². The lowest BCUT2D eigenvalue weighted by molar-refractivity contribution is -0.113. The summed E-state index contributed by atoms with van der Waals surface area (Å²) in [6, 6.07) is 15.9. The lowest BCUT2D eigenvalue weighted by Gasteiger charge is -2.25. The summed E-state index contributed by atoms with van der Waals surface area (Å²) < 4.78 is 29.1. The number of aromatic nitrogens is 7. The van der Waals surface area contributed by atoms with Gasteiger partial charge in [-0.25, -0.2) is 8.42 Å². The van der Waals surface area contributed by atoms with Crippen molar-refractivity contribution in [2.75, 3.05) is 24.2 Å². The summed E-state index contributed by atoms with van der Waals surface area (Å²) in [6.45, 7) is 3.97. The van der Waals surface area contributed by atoms with Gasteiger partial charge < -0.3 is 9.88 Å². The first-order valence-electron chi connectivity index (χ1n) is 12.7. The fourth-order valence-electron chi connectivity index (χ4n) is 4.29. The summed E-state index contributed by atoms with van der Waals surface area (Å²) >= 11 is 1.27. The van der Waals surface area contributed by atoms with Gasteiger partial charge in [0, 0.05) is 30.9 Å². The van der Waals surface area contributed by atoms with E-state index in [-0.39, 0.29) is 16.6 Å². The molecule has 0 radical (unpaired) electrons. The molecule has 0 spiro atoms. The van der Waals surface area contributed by atoms with E-state index in [9.17, 15) is 13.2 Å². The molecule has 2 aromatic heterocycles. The fourth-order valence-corrected chi connectivity index (χ4v) is 6.63. The van der Waals surface area contributed by atoms with E-state index in [0.29, 0.717) is 48.7 Å². The van der Waals surface area contributed by atoms with Crippen LogP contribution in [0, 0.1) is 0 Å². The van der Waals surface area contributed by atoms with E-state index in [1.165, 1.54) is 33.0 Å². The minimum absolute atomic E-state index is 0.117. The van der Waals surface area contributed by atoms with Crippen LogP contribution in [0.25, 0.3) is 11.4 Å². The summed E-state index contributed by atoms with van der Waals surface area (Å²) in [5.74, 6) is 1.07. The molecular formula is C25H29N9O3S2. The van der Waals surface area contributed by atoms with Crippen molar-refractivity contribution < 1.29 is 13.2 Å². The van der Waals surface area contributed by atoms with Gasteiger partial charge in [-0.05, 0) is 49.2 Å². The van der Waals surface area contributed by atoms with Crippen molar-refractivity contribution in [2.45, 2.75) is 49.3 Å². The normalized spacial score (nSPS) is 14.4. The largest absolute Gasteiger partial charge is 0.325 e. The SMILES string of the molecule is CCn1c(Cn2nnc(-c3ccccc3)n2)nnc1SCC(=O)Nc1ccc(S(=O)(=O)N2CCCCC2)cc1. The van der Waals surface area contributed by atoms with Crippen LogP contribution in [0.2, 0.25) is 0 Å². The number of carbonyl (C=O) groups excluding carboxylic acids is 1. The summed E-state index contributed by atoms with van der Waals surface area (Å²) in [4.78, 5) is 14.3. The molecule has 1 saturated heterocycles. The number of tetrazole rings is 1. The molecule has 0 unspecified atom stereocenters. The quantitative estimate of drug-likeness (QED) is 0.286. The average molecular weight is 568 g/mol. The molecule has 1 N–H and O–H groups in total. The van der Waals surface area contributed by atoms with Crippen LogP contribution in [-0.4, -0.2) is 72.4 Å². The van der Waals surface area contributed by atoms with Crippen LogP contribution in [0.4, 0.5) is 5.69 Å². The molecule has 0 aliphatic carbocycles. The van der Waals surface area contributed by atoms with Crippen LogP contribution in [-0.2, 0) is 27.9 Å². The van der Waals surface area contributed by atoms with Crippen LogP contribution < -0.4 is 5.32 Å². The maximum Gasteiger partial charge on any atom is 0.243 e. The number of piperidine rings is 1. The maximum atomic E-state index is 12.8. The van der Waals surface area contributed by atoms with Gasteiger partial charge >= 0.3 is 0 Å². The van der Waals surface area contributed by atoms with Crippen molar-refractivity contribution in [1.29, 1.82) is 0 Å². The predicted octanol–water partition coefficient (Wildman–Crippen LogP) is 2.91. The first-order chi connectivity index (χ1) is 18.9. The Labute approximate surface area is 230 Å². The van der Waals surface area contributed by atoms with Crippen LogP contribution in [0.5, 0.6) is 0 Å². The van der Waals surface area contributed by atoms with Crippen LogP contribution in [0.1, 0.15) is 32.0 Å². The Bertz CT molecular complexity index is 1510. The molecule has 2 aromatic carbocycles. The second-order valence-corrected chi connectivity index (χ2v) is 11.9. The monoisotopic (exact) mass is 567 g/mol. The van der Waals surface area contributed by atoms with E-state index in [0.717, 1.165) is 24.8 Å². The molecule has 1 amide bonds. The number of sulfonamides is 1. The van der Waals surface area contributed by atoms with E-state index < -0.39 is 10.0 Å². The zero-order valence-electron chi connectivity index (χ0n) is 21.5. The van der Waals surface area contributed by atoms with Crippen molar-refractivity contribution in [3.05, 3.63) is 60.4 Å². The number of hydrogen-bond donors (Lipinski definition) is 1. The number of rotatable bonds is 10. The van der Waals surface area contributed by atoms with Gasteiger partial charge in [-0.15, -0.1) is 20.4 Å². The molecule has 39 heavy (non-hydrogen) atoms. The van der Waals surface area contributed by atoms with Gasteiger partial charge in [-0.2, -0.15) is 9.10 Å². The molecule has 1 fully saturated rings. The summed E-state index contributed by atoms with van der Waals surface area (Å²) in [5, 5.41) is 24.6. The van der Waals surface area contributed by atoms with Gasteiger partial charge in [0.15, 0.2) is 11.0 Å². The number of thioether (sulfide) groups is 1. The number of hydrogen-bond acceptors (Lipinski definition) is 9. The number of nitrogens with one attached hydrogen (secondary N) is 1. The van der Waals surface area contributed by atoms with Crippen molar-refractivity contribution >= 4 is 33.4 Å². The first-order valence-corrected chi connectivity index (χ1v) is 15.1. The highest BCUT2D eigenvalue weighted by molar-refractivity contribution is 7.99. The molecule has 12 nitrogen and oxygen atoms in total. The highest BCUT2D eigenvalue weighted by Crippen LogP contribution is 2.23. The van der Waals surface area contributed by atoms with Crippen LogP contribution in [0.3, 0.4) is 0 Å². The number of anilines is 1. The van der Waals surface area contributed by atoms with E-state index in [1.54, 1.807) is 12.1 Å². The third-order valence-corrected chi connectivity index (χ3v) is 9.18. The second kappa shape index (κ2) is 12.1. The van der Waals surface area contributed by atoms with Gasteiger partial charge in [0.05, 0.1) is 10.6 Å². The van der Waals surface area contributed by atoms with Gasteiger partial charge in [0.25, 0.3) is 0 Å². The van der Waals surface area contributed by atoms with Crippen molar-refractivity contribution in [1.82, 2.24) is 39.3 Å². The van der Waals surface area contributed by atoms with Crippen molar-refractivity contribution in [2.24, 2.45) is 0 Å². The van der Waals surface area contributed by atoms with E-state index in [2.05, 4.69) is 30.9 Å². The zero-order chi connectivity index (χ0) is 27.2. The second-order valence-electron chi connectivity index (χ2n) is 8.98. The molecular weight excluding hydrogens is 538 g/mol. The molecule has 5 rings (SSSR count). The standard InChI is InChI=1S/C25H29N9O3S2/c1-2-33-22(17-34-30-24(28-31-34)19-9-5-3-6-10-19)27-29-25(33)38-18-23(35)26-20-11-13-21(14-12-20)39(36,37)32-15-7-4-8-16-32/h3,5-6,9-14H,2,4,7-8,15-18H2,1H3,(H,26,35). The van der Waals surface area contributed by atoms with Gasteiger partial charge in [0.1, 0.15) is 6.54 Å². The van der Waals surface area contributed by atoms with Gasteiger partial charge in [-0.3, -0.25) is 4.79 Å². The minimum Gasteiger partial charge on any atom is -0.325 e. The van der Waals surface area contributed by atoms with E-state index in [1.807, 2.05) is 41.8 Å². The molecule has 3 heterocycles. The highest BCUT2D eigenvalue weighted by Gasteiger charge is 2.25. The van der Waals surface area contributed by atoms with E-state index in [4.69, 9.17) is 0 Å². The lowest BCUT2D eigenvalue weighted by Crippen LogP contribution is -2.35. The molecule has 1 aliphatic heterocycles. The minimum atomic E-state index is -3.51. The Morgan fingerprint density at radius 3 is 2.44 bits per heavy atom. The Balaban J connectivity index is 1.17. The summed E-state index contributed by atoms with van der Waals surface area (Å²) in [5.41, 5.74) is 1.41. The molecule has 1 aliphatic rings. The highest BCUT2D eigenvalue weighted by atomic mass is 32.2. The third-order valence-electron chi connectivity index (χ3n) is 6.30. The number of nitrogens with zero attached hydrogens (tertiary/aromatic N) is 8. The van der Waals surface area contributed by atoms with E-state index >= 15 is 0 Å². The Morgan fingerprint density at radius 1 is 0.974 bits per heavy atom. The number of amides is 1. The summed E-state index contributed by atoms with van der Waals surface area (Å²) in [6.07, 6.45) is 2.81. The predicted molar refractivity (Wildman–Crippen MR) is 146 cm³/mol. The Kier molecular flexibility index (Phi) is 8.33. The smallest absolute Gasteiger partial charge is 0.243 e. The van der Waals surface area contributed by atoms with Crippen LogP contribution in [0.15, 0.2) is 64.6 Å². The molecule has 204 valence electrons. The summed E-state index contributed by atoms with van der Waals surface area (Å²) in [7, 11) is -3.51. The molecule has 4 aromatic rings. The fraction of sp³-hybridized carbons (Fsp3) is 0.360. The van der Waals surface area contributed by atoms with Gasteiger partial charge in [0.2, 0.25) is 21.8 Å². The van der Waals surface area contributed by atoms with Crippen molar-refractivity contribution in [3.63, 3.8) is 0 Å². The van der Waals surface area contributed by atoms with Crippen LogP contribution >= 0.6 is 11.8 Å². The molecule has 0 saturated carbocycles. The topological polar surface area (TPSA) is 141 Å². The van der Waals surface area contributed by atoms with Crippen molar-refractivity contribution in [3.8, 4) is 11.4 Å².